The van der Waals surface area contributed by atoms with E-state index in [1.807, 2.05) is 23.5 Å². The maximum Gasteiger partial charge on any atom is 0.147 e. The first-order valence-corrected chi connectivity index (χ1v) is 9.69. The van der Waals surface area contributed by atoms with Crippen molar-refractivity contribution in [2.24, 2.45) is 0 Å². The molecule has 1 aromatic carbocycles. The normalized spacial score (nSPS) is 29.8. The van der Waals surface area contributed by atoms with Crippen molar-refractivity contribution in [2.45, 2.75) is 49.0 Å². The molecule has 0 spiro atoms. The van der Waals surface area contributed by atoms with Crippen LogP contribution in [0.1, 0.15) is 43.2 Å². The Morgan fingerprint density at radius 3 is 2.90 bits per heavy atom. The first-order chi connectivity index (χ1) is 9.75. The second kappa shape index (κ2) is 6.57. The smallest absolute Gasteiger partial charge is 0.147 e. The molecule has 1 fully saturated rings. The fraction of sp³-hybridized carbons (Fsp3) is 0.588. The van der Waals surface area contributed by atoms with Crippen LogP contribution in [0.15, 0.2) is 24.3 Å². The van der Waals surface area contributed by atoms with Crippen LogP contribution in [-0.2, 0) is 11.2 Å². The molecule has 1 nitrogen and oxygen atoms in total. The van der Waals surface area contributed by atoms with Crippen molar-refractivity contribution >= 4 is 29.3 Å². The van der Waals surface area contributed by atoms with Crippen molar-refractivity contribution in [3.8, 4) is 0 Å². The van der Waals surface area contributed by atoms with Gasteiger partial charge in [-0.15, -0.1) is 11.8 Å². The predicted octanol–water partition coefficient (Wildman–Crippen LogP) is 4.30. The maximum absolute atomic E-state index is 12.7. The summed E-state index contributed by atoms with van der Waals surface area (Å²) in [6.07, 6.45) is 4.35. The molecule has 0 radical (unpaired) electrons. The molecule has 3 unspecified atom stereocenters. The molecule has 3 heteroatoms. The molecule has 0 saturated carbocycles. The lowest BCUT2D eigenvalue weighted by Gasteiger charge is -2.30. The molecule has 108 valence electrons. The van der Waals surface area contributed by atoms with E-state index >= 15 is 0 Å². The number of thioether (sulfide) groups is 2. The lowest BCUT2D eigenvalue weighted by atomic mass is 9.80. The van der Waals surface area contributed by atoms with Gasteiger partial charge in [0.1, 0.15) is 5.78 Å². The van der Waals surface area contributed by atoms with Crippen molar-refractivity contribution in [3.05, 3.63) is 35.4 Å². The summed E-state index contributed by atoms with van der Waals surface area (Å²) in [5, 5.41) is 0.711. The van der Waals surface area contributed by atoms with Crippen LogP contribution in [0.5, 0.6) is 0 Å². The third-order valence-electron chi connectivity index (χ3n) is 4.45. The summed E-state index contributed by atoms with van der Waals surface area (Å²) in [5.74, 6) is 3.28. The molecule has 1 aliphatic heterocycles. The lowest BCUT2D eigenvalue weighted by molar-refractivity contribution is -0.119. The SMILES string of the molecule is CC1SCCSC1C(=O)CC1CCCc2ccccc21. The van der Waals surface area contributed by atoms with Gasteiger partial charge in [0.15, 0.2) is 0 Å². The number of aryl methyl sites for hydroxylation is 1. The topological polar surface area (TPSA) is 17.1 Å². The molecular formula is C17H22OS2. The molecule has 0 amide bonds. The summed E-state index contributed by atoms with van der Waals surface area (Å²) in [4.78, 5) is 12.7. The first kappa shape index (κ1) is 14.5. The van der Waals surface area contributed by atoms with E-state index < -0.39 is 0 Å². The van der Waals surface area contributed by atoms with Crippen molar-refractivity contribution in [2.75, 3.05) is 11.5 Å². The number of Topliss-reactive ketones (excluding diaryl/α,β-unsaturated/α-hetero) is 1. The minimum Gasteiger partial charge on any atom is -0.298 e. The number of rotatable bonds is 3. The van der Waals surface area contributed by atoms with Crippen LogP contribution in [0.3, 0.4) is 0 Å². The standard InChI is InChI=1S/C17H22OS2/c1-12-17(20-10-9-19-12)16(18)11-14-7-4-6-13-5-2-3-8-15(13)14/h2-3,5,8,12,14,17H,4,6-7,9-11H2,1H3. The Morgan fingerprint density at radius 1 is 1.25 bits per heavy atom. The van der Waals surface area contributed by atoms with Gasteiger partial charge in [-0.25, -0.2) is 0 Å². The molecule has 3 rings (SSSR count). The highest BCUT2D eigenvalue weighted by Gasteiger charge is 2.31. The average molecular weight is 306 g/mol. The van der Waals surface area contributed by atoms with Crippen LogP contribution in [0, 0.1) is 0 Å². The maximum atomic E-state index is 12.7. The van der Waals surface area contributed by atoms with Gasteiger partial charge in [-0.05, 0) is 36.3 Å². The number of hydrogen-bond donors (Lipinski definition) is 0. The van der Waals surface area contributed by atoms with Gasteiger partial charge in [-0.1, -0.05) is 31.2 Å². The number of carbonyl (C=O) groups is 1. The quantitative estimate of drug-likeness (QED) is 0.828. The summed E-state index contributed by atoms with van der Waals surface area (Å²) in [6, 6.07) is 8.71. The van der Waals surface area contributed by atoms with Crippen LogP contribution < -0.4 is 0 Å². The lowest BCUT2D eigenvalue weighted by Crippen LogP contribution is -2.32. The van der Waals surface area contributed by atoms with E-state index in [2.05, 4.69) is 31.2 Å². The Balaban J connectivity index is 1.70. The van der Waals surface area contributed by atoms with Crippen molar-refractivity contribution < 1.29 is 4.79 Å². The molecule has 0 N–H and O–H groups in total. The van der Waals surface area contributed by atoms with Crippen LogP contribution in [0.4, 0.5) is 0 Å². The molecule has 2 aliphatic rings. The monoisotopic (exact) mass is 306 g/mol. The highest BCUT2D eigenvalue weighted by molar-refractivity contribution is 8.07. The average Bonchev–Trinajstić information content (AvgIpc) is 2.48. The van der Waals surface area contributed by atoms with Gasteiger partial charge >= 0.3 is 0 Å². The molecule has 1 aliphatic carbocycles. The summed E-state index contributed by atoms with van der Waals surface area (Å²) in [5.41, 5.74) is 2.91. The highest BCUT2D eigenvalue weighted by Crippen LogP contribution is 2.37. The molecule has 3 atom stereocenters. The number of carbonyl (C=O) groups excluding carboxylic acids is 1. The van der Waals surface area contributed by atoms with E-state index in [0.717, 1.165) is 12.2 Å². The van der Waals surface area contributed by atoms with Gasteiger partial charge in [0.25, 0.3) is 0 Å². The number of ketones is 1. The molecule has 0 aromatic heterocycles. The zero-order valence-electron chi connectivity index (χ0n) is 12.0. The third kappa shape index (κ3) is 3.09. The zero-order chi connectivity index (χ0) is 13.9. The predicted molar refractivity (Wildman–Crippen MR) is 89.9 cm³/mol. The van der Waals surface area contributed by atoms with Gasteiger partial charge in [-0.3, -0.25) is 4.79 Å². The van der Waals surface area contributed by atoms with Gasteiger partial charge in [0, 0.05) is 23.2 Å². The van der Waals surface area contributed by atoms with Crippen molar-refractivity contribution in [1.29, 1.82) is 0 Å². The van der Waals surface area contributed by atoms with Crippen molar-refractivity contribution in [3.63, 3.8) is 0 Å². The zero-order valence-corrected chi connectivity index (χ0v) is 13.6. The number of fused-ring (bicyclic) bond motifs is 1. The van der Waals surface area contributed by atoms with Crippen LogP contribution >= 0.6 is 23.5 Å². The second-order valence-electron chi connectivity index (χ2n) is 5.83. The molecule has 0 bridgehead atoms. The number of hydrogen-bond acceptors (Lipinski definition) is 3. The molecule has 1 saturated heterocycles. The van der Waals surface area contributed by atoms with E-state index in [0.29, 0.717) is 17.0 Å². The minimum atomic E-state index is 0.225. The van der Waals surface area contributed by atoms with E-state index in [4.69, 9.17) is 0 Å². The molecule has 1 heterocycles. The Labute approximate surface area is 130 Å². The summed E-state index contributed by atoms with van der Waals surface area (Å²) in [7, 11) is 0. The first-order valence-electron chi connectivity index (χ1n) is 7.59. The van der Waals surface area contributed by atoms with E-state index in [-0.39, 0.29) is 5.25 Å². The van der Waals surface area contributed by atoms with Crippen LogP contribution in [0.2, 0.25) is 0 Å². The molecule has 1 aromatic rings. The van der Waals surface area contributed by atoms with Gasteiger partial charge in [-0.2, -0.15) is 11.8 Å². The van der Waals surface area contributed by atoms with E-state index in [9.17, 15) is 4.79 Å². The van der Waals surface area contributed by atoms with Gasteiger partial charge in [0.2, 0.25) is 0 Å². The third-order valence-corrected chi connectivity index (χ3v) is 7.58. The van der Waals surface area contributed by atoms with Gasteiger partial charge < -0.3 is 0 Å². The Morgan fingerprint density at radius 2 is 2.05 bits per heavy atom. The second-order valence-corrected chi connectivity index (χ2v) is 8.56. The van der Waals surface area contributed by atoms with Crippen LogP contribution in [-0.4, -0.2) is 27.8 Å². The Kier molecular flexibility index (Phi) is 4.77. The van der Waals surface area contributed by atoms with E-state index in [1.165, 1.54) is 36.1 Å². The Hall–Kier alpha value is -0.410. The molecule has 20 heavy (non-hydrogen) atoms. The largest absolute Gasteiger partial charge is 0.298 e. The Bertz CT molecular complexity index is 486. The van der Waals surface area contributed by atoms with Crippen molar-refractivity contribution in [1.82, 2.24) is 0 Å². The summed E-state index contributed by atoms with van der Waals surface area (Å²) < 4.78 is 0. The minimum absolute atomic E-state index is 0.225. The summed E-state index contributed by atoms with van der Waals surface area (Å²) in [6.45, 7) is 2.22. The fourth-order valence-corrected chi connectivity index (χ4v) is 6.16. The molecular weight excluding hydrogens is 284 g/mol. The fourth-order valence-electron chi connectivity index (χ4n) is 3.41. The highest BCUT2D eigenvalue weighted by atomic mass is 32.2. The van der Waals surface area contributed by atoms with Crippen LogP contribution in [0.25, 0.3) is 0 Å². The van der Waals surface area contributed by atoms with Gasteiger partial charge in [0.05, 0.1) is 5.25 Å². The number of benzene rings is 1. The van der Waals surface area contributed by atoms with E-state index in [1.54, 1.807) is 0 Å². The summed E-state index contributed by atoms with van der Waals surface area (Å²) >= 11 is 3.84.